The molecule has 14 heteroatoms. The van der Waals surface area contributed by atoms with E-state index in [0.29, 0.717) is 35.3 Å². The third-order valence-corrected chi connectivity index (χ3v) is 6.96. The summed E-state index contributed by atoms with van der Waals surface area (Å²) < 4.78 is 84.3. The van der Waals surface area contributed by atoms with Gasteiger partial charge in [0, 0.05) is 24.6 Å². The number of aliphatic hydroxyl groups is 1. The van der Waals surface area contributed by atoms with Gasteiger partial charge in [-0.2, -0.15) is 17.5 Å². The van der Waals surface area contributed by atoms with Crippen molar-refractivity contribution in [2.75, 3.05) is 6.54 Å². The summed E-state index contributed by atoms with van der Waals surface area (Å²) in [5.74, 6) is -2.44. The lowest BCUT2D eigenvalue weighted by Gasteiger charge is -2.39. The predicted molar refractivity (Wildman–Crippen MR) is 103 cm³/mol. The minimum atomic E-state index is -4.73. The third-order valence-electron chi connectivity index (χ3n) is 5.06. The number of halogens is 4. The van der Waals surface area contributed by atoms with E-state index >= 15 is 0 Å². The van der Waals surface area contributed by atoms with Crippen molar-refractivity contribution in [1.82, 2.24) is 14.8 Å². The molecule has 2 heterocycles. The molecule has 2 aromatic rings. The van der Waals surface area contributed by atoms with Crippen LogP contribution in [-0.2, 0) is 27.6 Å². The Morgan fingerprint density at radius 3 is 2.58 bits per heavy atom. The summed E-state index contributed by atoms with van der Waals surface area (Å²) in [6.45, 7) is -0.890. The molecule has 33 heavy (non-hydrogen) atoms. The highest BCUT2D eigenvalue weighted by molar-refractivity contribution is 7.89. The normalized spacial score (nSPS) is 19.8. The maximum absolute atomic E-state index is 13.4. The van der Waals surface area contributed by atoms with Crippen LogP contribution in [0.2, 0.25) is 0 Å². The number of benzene rings is 1. The van der Waals surface area contributed by atoms with Gasteiger partial charge < -0.3 is 9.84 Å². The van der Waals surface area contributed by atoms with E-state index < -0.39 is 56.3 Å². The zero-order valence-corrected chi connectivity index (χ0v) is 17.7. The lowest BCUT2D eigenvalue weighted by atomic mass is 10.0. The summed E-state index contributed by atoms with van der Waals surface area (Å²) in [6, 6.07) is 4.02. The van der Waals surface area contributed by atoms with Gasteiger partial charge in [0.05, 0.1) is 11.8 Å². The number of nitrogens with zero attached hydrogens (tertiary/aromatic N) is 2. The first-order valence-corrected chi connectivity index (χ1v) is 11.0. The zero-order chi connectivity index (χ0) is 24.4. The molecular formula is C19H19F4N3O6S. The summed E-state index contributed by atoms with van der Waals surface area (Å²) >= 11 is 0. The SMILES string of the molecule is O=C(NO)C1(O)CCCCN1S(=O)(=O)c1ccc(OCc2cc(F)ccc2C(F)(F)F)nc1. The Morgan fingerprint density at radius 2 is 1.97 bits per heavy atom. The van der Waals surface area contributed by atoms with Crippen LogP contribution in [0.5, 0.6) is 5.88 Å². The van der Waals surface area contributed by atoms with Gasteiger partial charge in [0.25, 0.3) is 5.91 Å². The molecule has 0 bridgehead atoms. The van der Waals surface area contributed by atoms with Crippen LogP contribution in [0.25, 0.3) is 0 Å². The fraction of sp³-hybridized carbons (Fsp3) is 0.368. The van der Waals surface area contributed by atoms with Crippen molar-refractivity contribution in [2.45, 2.75) is 42.7 Å². The van der Waals surface area contributed by atoms with E-state index in [0.717, 1.165) is 18.3 Å². The Balaban J connectivity index is 1.81. The van der Waals surface area contributed by atoms with Gasteiger partial charge in [-0.3, -0.25) is 10.0 Å². The molecule has 1 aliphatic rings. The van der Waals surface area contributed by atoms with Crippen LogP contribution in [0.4, 0.5) is 17.6 Å². The topological polar surface area (TPSA) is 129 Å². The summed E-state index contributed by atoms with van der Waals surface area (Å²) in [5.41, 5.74) is -2.82. The number of carbonyl (C=O) groups is 1. The molecule has 1 aromatic heterocycles. The lowest BCUT2D eigenvalue weighted by Crippen LogP contribution is -2.62. The molecule has 180 valence electrons. The zero-order valence-electron chi connectivity index (χ0n) is 16.8. The van der Waals surface area contributed by atoms with Gasteiger partial charge >= 0.3 is 6.18 Å². The van der Waals surface area contributed by atoms with Gasteiger partial charge in [0.15, 0.2) is 0 Å². The molecule has 1 aromatic carbocycles. The number of ether oxygens (including phenoxy) is 1. The number of nitrogens with one attached hydrogen (secondary N) is 1. The number of hydroxylamine groups is 1. The van der Waals surface area contributed by atoms with E-state index in [4.69, 9.17) is 9.94 Å². The Morgan fingerprint density at radius 1 is 1.24 bits per heavy atom. The summed E-state index contributed by atoms with van der Waals surface area (Å²) in [7, 11) is -4.45. The third kappa shape index (κ3) is 5.08. The number of pyridine rings is 1. The highest BCUT2D eigenvalue weighted by Gasteiger charge is 2.50. The maximum atomic E-state index is 13.4. The molecule has 0 aliphatic carbocycles. The number of hydrogen-bond donors (Lipinski definition) is 3. The van der Waals surface area contributed by atoms with Crippen molar-refractivity contribution in [3.05, 3.63) is 53.5 Å². The van der Waals surface area contributed by atoms with Gasteiger partial charge in [0.2, 0.25) is 21.6 Å². The van der Waals surface area contributed by atoms with E-state index in [2.05, 4.69) is 4.98 Å². The molecule has 3 rings (SSSR count). The van der Waals surface area contributed by atoms with E-state index in [-0.39, 0.29) is 18.8 Å². The molecule has 3 N–H and O–H groups in total. The Kier molecular flexibility index (Phi) is 6.93. The largest absolute Gasteiger partial charge is 0.473 e. The standard InChI is InChI=1S/C19H19F4N3O6S/c20-13-3-5-15(19(21,22)23)12(9-13)11-32-16-6-4-14(10-24-16)33(30,31)26-8-2-1-7-18(26,28)17(27)25-29/h3-6,9-10,28-29H,1-2,7-8,11H2,(H,25,27). The first-order chi connectivity index (χ1) is 15.4. The number of alkyl halides is 3. The van der Waals surface area contributed by atoms with Crippen molar-refractivity contribution in [1.29, 1.82) is 0 Å². The van der Waals surface area contributed by atoms with Crippen molar-refractivity contribution >= 4 is 15.9 Å². The van der Waals surface area contributed by atoms with Crippen molar-refractivity contribution in [3.63, 3.8) is 0 Å². The number of piperidine rings is 1. The molecule has 9 nitrogen and oxygen atoms in total. The molecule has 1 aliphatic heterocycles. The van der Waals surface area contributed by atoms with E-state index in [9.17, 15) is 35.9 Å². The molecule has 1 fully saturated rings. The fourth-order valence-electron chi connectivity index (χ4n) is 3.41. The fourth-order valence-corrected chi connectivity index (χ4v) is 5.04. The summed E-state index contributed by atoms with van der Waals surface area (Å²) in [6.07, 6.45) is -3.45. The lowest BCUT2D eigenvalue weighted by molar-refractivity contribution is -0.167. The molecular weight excluding hydrogens is 474 g/mol. The number of rotatable bonds is 6. The molecule has 0 saturated carbocycles. The van der Waals surface area contributed by atoms with Gasteiger partial charge in [-0.15, -0.1) is 0 Å². The van der Waals surface area contributed by atoms with Crippen LogP contribution in [0, 0.1) is 5.82 Å². The molecule has 1 amide bonds. The predicted octanol–water partition coefficient (Wildman–Crippen LogP) is 2.19. The minimum Gasteiger partial charge on any atom is -0.473 e. The van der Waals surface area contributed by atoms with Gasteiger partial charge in [-0.05, 0) is 37.1 Å². The highest BCUT2D eigenvalue weighted by atomic mass is 32.2. The van der Waals surface area contributed by atoms with Crippen LogP contribution < -0.4 is 10.2 Å². The average Bonchev–Trinajstić information content (AvgIpc) is 2.76. The number of sulfonamides is 1. The minimum absolute atomic E-state index is 0.204. The van der Waals surface area contributed by atoms with Gasteiger partial charge in [-0.1, -0.05) is 0 Å². The van der Waals surface area contributed by atoms with Crippen LogP contribution >= 0.6 is 0 Å². The molecule has 0 radical (unpaired) electrons. The molecule has 1 unspecified atom stereocenters. The first-order valence-electron chi connectivity index (χ1n) is 9.54. The quantitative estimate of drug-likeness (QED) is 0.320. The van der Waals surface area contributed by atoms with Crippen molar-refractivity contribution < 1.29 is 45.8 Å². The number of carbonyl (C=O) groups excluding carboxylic acids is 1. The molecule has 1 atom stereocenters. The monoisotopic (exact) mass is 493 g/mol. The van der Waals surface area contributed by atoms with Gasteiger partial charge in [-0.25, -0.2) is 23.3 Å². The number of hydrogen-bond acceptors (Lipinski definition) is 7. The van der Waals surface area contributed by atoms with Crippen molar-refractivity contribution in [2.24, 2.45) is 0 Å². The number of amides is 1. The number of aromatic nitrogens is 1. The van der Waals surface area contributed by atoms with Crippen molar-refractivity contribution in [3.8, 4) is 5.88 Å². The smallest absolute Gasteiger partial charge is 0.416 e. The summed E-state index contributed by atoms with van der Waals surface area (Å²) in [4.78, 5) is 15.2. The Bertz CT molecular complexity index is 1130. The van der Waals surface area contributed by atoms with E-state index in [1.54, 1.807) is 0 Å². The summed E-state index contributed by atoms with van der Waals surface area (Å²) in [5, 5.41) is 19.5. The van der Waals surface area contributed by atoms with E-state index in [1.807, 2.05) is 0 Å². The van der Waals surface area contributed by atoms with Crippen LogP contribution in [0.3, 0.4) is 0 Å². The van der Waals surface area contributed by atoms with Gasteiger partial charge in [0.1, 0.15) is 17.3 Å². The first kappa shape index (κ1) is 24.8. The Hall–Kier alpha value is -2.81. The maximum Gasteiger partial charge on any atom is 0.416 e. The average molecular weight is 493 g/mol. The second kappa shape index (κ2) is 9.21. The second-order valence-corrected chi connectivity index (χ2v) is 9.07. The molecule has 1 saturated heterocycles. The highest BCUT2D eigenvalue weighted by Crippen LogP contribution is 2.34. The van der Waals surface area contributed by atoms with Crippen LogP contribution in [-0.4, -0.2) is 46.2 Å². The molecule has 0 spiro atoms. The van der Waals surface area contributed by atoms with Crippen LogP contribution in [0.15, 0.2) is 41.4 Å². The Labute approximate surface area is 185 Å². The van der Waals surface area contributed by atoms with Crippen LogP contribution in [0.1, 0.15) is 30.4 Å². The van der Waals surface area contributed by atoms with E-state index in [1.165, 1.54) is 5.48 Å². The second-order valence-electron chi connectivity index (χ2n) is 7.21.